The van der Waals surface area contributed by atoms with E-state index in [2.05, 4.69) is 0 Å². The van der Waals surface area contributed by atoms with E-state index in [9.17, 15) is 4.79 Å². The van der Waals surface area contributed by atoms with Gasteiger partial charge in [0.15, 0.2) is 0 Å². The Morgan fingerprint density at radius 1 is 1.43 bits per heavy atom. The number of carboxylic acids is 1. The lowest BCUT2D eigenvalue weighted by atomic mass is 10.1. The fourth-order valence-corrected chi connectivity index (χ4v) is 1.04. The molecule has 1 aromatic rings. The van der Waals surface area contributed by atoms with Crippen molar-refractivity contribution in [2.45, 2.75) is 6.92 Å². The van der Waals surface area contributed by atoms with Gasteiger partial charge in [-0.15, -0.1) is 0 Å². The Balaban J connectivity index is 3.09. The molecule has 0 spiro atoms. The molecule has 1 aromatic carbocycles. The first-order chi connectivity index (χ1) is 6.63. The summed E-state index contributed by atoms with van der Waals surface area (Å²) in [6, 6.07) is 8.98. The Bertz CT molecular complexity index is 410. The Morgan fingerprint density at radius 3 is 2.43 bits per heavy atom. The smallest absolute Gasteiger partial charge is 0.329 e. The van der Waals surface area contributed by atoms with Crippen molar-refractivity contribution in [3.8, 4) is 6.07 Å². The number of hydrogen-bond acceptors (Lipinski definition) is 2. The molecule has 0 saturated heterocycles. The highest BCUT2D eigenvalue weighted by Crippen LogP contribution is 2.13. The molecule has 0 unspecified atom stereocenters. The minimum absolute atomic E-state index is 0.164. The second kappa shape index (κ2) is 4.24. The maximum Gasteiger partial charge on any atom is 0.329 e. The Morgan fingerprint density at radius 2 is 2.00 bits per heavy atom. The number of benzene rings is 1. The third kappa shape index (κ3) is 2.46. The molecule has 0 aliphatic heterocycles. The largest absolute Gasteiger partial charge is 0.478 e. The average molecular weight is 187 g/mol. The summed E-state index contributed by atoms with van der Waals surface area (Å²) < 4.78 is 0. The van der Waals surface area contributed by atoms with Gasteiger partial charge in [0.2, 0.25) is 0 Å². The molecule has 0 aromatic heterocycles. The van der Waals surface area contributed by atoms with Crippen LogP contribution < -0.4 is 0 Å². The highest BCUT2D eigenvalue weighted by Gasteiger charge is 2.02. The van der Waals surface area contributed by atoms with Gasteiger partial charge in [0.1, 0.15) is 6.07 Å². The SMILES string of the molecule is Cc1ccc(C(C#N)=CC(=O)O)cc1. The van der Waals surface area contributed by atoms with Crippen molar-refractivity contribution in [1.29, 1.82) is 5.26 Å². The fourth-order valence-electron chi connectivity index (χ4n) is 1.04. The number of aryl methyl sites for hydroxylation is 1. The first-order valence-corrected chi connectivity index (χ1v) is 4.05. The van der Waals surface area contributed by atoms with Crippen LogP contribution in [0.1, 0.15) is 11.1 Å². The summed E-state index contributed by atoms with van der Waals surface area (Å²) in [5, 5.41) is 17.2. The number of aliphatic carboxylic acids is 1. The molecule has 0 heterocycles. The first-order valence-electron chi connectivity index (χ1n) is 4.05. The van der Waals surface area contributed by atoms with Gasteiger partial charge < -0.3 is 5.11 Å². The number of hydrogen-bond donors (Lipinski definition) is 1. The predicted molar refractivity (Wildman–Crippen MR) is 52.4 cm³/mol. The van der Waals surface area contributed by atoms with E-state index < -0.39 is 5.97 Å². The van der Waals surface area contributed by atoms with Gasteiger partial charge in [-0.25, -0.2) is 4.79 Å². The van der Waals surface area contributed by atoms with E-state index in [1.807, 2.05) is 25.1 Å². The van der Waals surface area contributed by atoms with Gasteiger partial charge in [-0.3, -0.25) is 0 Å². The molecule has 70 valence electrons. The number of rotatable bonds is 2. The standard InChI is InChI=1S/C11H9NO2/c1-8-2-4-9(5-3-8)10(7-12)6-11(13)14/h2-6H,1H3,(H,13,14). The normalized spacial score (nSPS) is 10.7. The molecule has 0 radical (unpaired) electrons. The highest BCUT2D eigenvalue weighted by atomic mass is 16.4. The molecule has 0 aliphatic rings. The second-order valence-corrected chi connectivity index (χ2v) is 2.87. The zero-order chi connectivity index (χ0) is 10.6. The van der Waals surface area contributed by atoms with Gasteiger partial charge in [0.25, 0.3) is 0 Å². The van der Waals surface area contributed by atoms with E-state index in [-0.39, 0.29) is 5.57 Å². The summed E-state index contributed by atoms with van der Waals surface area (Å²) >= 11 is 0. The van der Waals surface area contributed by atoms with Gasteiger partial charge in [0, 0.05) is 6.08 Å². The van der Waals surface area contributed by atoms with Crippen molar-refractivity contribution >= 4 is 11.5 Å². The van der Waals surface area contributed by atoms with Crippen LogP contribution in [-0.4, -0.2) is 11.1 Å². The summed E-state index contributed by atoms with van der Waals surface area (Å²) in [5.74, 6) is -1.11. The summed E-state index contributed by atoms with van der Waals surface area (Å²) in [6.07, 6.45) is 0.907. The third-order valence-electron chi connectivity index (χ3n) is 1.75. The number of carbonyl (C=O) groups is 1. The van der Waals surface area contributed by atoms with Crippen molar-refractivity contribution in [3.63, 3.8) is 0 Å². The van der Waals surface area contributed by atoms with Crippen LogP contribution in [0.5, 0.6) is 0 Å². The molecule has 14 heavy (non-hydrogen) atoms. The summed E-state index contributed by atoms with van der Waals surface area (Å²) in [5.41, 5.74) is 1.86. The quantitative estimate of drug-likeness (QED) is 0.568. The molecule has 0 atom stereocenters. The zero-order valence-electron chi connectivity index (χ0n) is 7.69. The monoisotopic (exact) mass is 187 g/mol. The summed E-state index contributed by atoms with van der Waals surface area (Å²) in [6.45, 7) is 1.93. The Kier molecular flexibility index (Phi) is 3.03. The molecule has 0 saturated carbocycles. The van der Waals surface area contributed by atoms with Crippen LogP contribution in [0.15, 0.2) is 30.3 Å². The maximum atomic E-state index is 10.4. The molecule has 0 amide bonds. The molecule has 3 heteroatoms. The van der Waals surface area contributed by atoms with E-state index in [4.69, 9.17) is 10.4 Å². The van der Waals surface area contributed by atoms with Crippen molar-refractivity contribution in [2.24, 2.45) is 0 Å². The predicted octanol–water partition coefficient (Wildman–Crippen LogP) is 1.99. The van der Waals surface area contributed by atoms with Gasteiger partial charge in [-0.2, -0.15) is 5.26 Å². The Hall–Kier alpha value is -2.08. The molecule has 1 N–H and O–H groups in total. The van der Waals surface area contributed by atoms with Gasteiger partial charge in [-0.1, -0.05) is 29.8 Å². The summed E-state index contributed by atoms with van der Waals surface area (Å²) in [4.78, 5) is 10.4. The number of allylic oxidation sites excluding steroid dienone is 1. The maximum absolute atomic E-state index is 10.4. The van der Waals surface area contributed by atoms with Crippen molar-refractivity contribution in [1.82, 2.24) is 0 Å². The highest BCUT2D eigenvalue weighted by molar-refractivity contribution is 5.94. The van der Waals surface area contributed by atoms with Gasteiger partial charge >= 0.3 is 5.97 Å². The molecule has 3 nitrogen and oxygen atoms in total. The van der Waals surface area contributed by atoms with Crippen molar-refractivity contribution < 1.29 is 9.90 Å². The van der Waals surface area contributed by atoms with Gasteiger partial charge in [-0.05, 0) is 12.5 Å². The van der Waals surface area contributed by atoms with Gasteiger partial charge in [0.05, 0.1) is 5.57 Å². The fraction of sp³-hybridized carbons (Fsp3) is 0.0909. The minimum Gasteiger partial charge on any atom is -0.478 e. The van der Waals surface area contributed by atoms with Crippen molar-refractivity contribution in [3.05, 3.63) is 41.5 Å². The number of nitrogens with zero attached hydrogens (tertiary/aromatic N) is 1. The first kappa shape index (κ1) is 10.0. The topological polar surface area (TPSA) is 61.1 Å². The van der Waals surface area contributed by atoms with Crippen LogP contribution in [0.3, 0.4) is 0 Å². The van der Waals surface area contributed by atoms with E-state index >= 15 is 0 Å². The zero-order valence-corrected chi connectivity index (χ0v) is 7.69. The molecular formula is C11H9NO2. The number of nitriles is 1. The molecular weight excluding hydrogens is 178 g/mol. The van der Waals surface area contributed by atoms with Crippen molar-refractivity contribution in [2.75, 3.05) is 0 Å². The van der Waals surface area contributed by atoms with E-state index in [1.54, 1.807) is 12.1 Å². The van der Waals surface area contributed by atoms with Crippen LogP contribution in [0.2, 0.25) is 0 Å². The van der Waals surface area contributed by atoms with E-state index in [0.29, 0.717) is 5.56 Å². The van der Waals surface area contributed by atoms with E-state index in [0.717, 1.165) is 11.6 Å². The molecule has 0 aliphatic carbocycles. The average Bonchev–Trinajstić information content (AvgIpc) is 2.15. The van der Waals surface area contributed by atoms with E-state index in [1.165, 1.54) is 0 Å². The van der Waals surface area contributed by atoms with Crippen LogP contribution in [0, 0.1) is 18.3 Å². The lowest BCUT2D eigenvalue weighted by Gasteiger charge is -1.98. The minimum atomic E-state index is -1.11. The molecule has 0 fully saturated rings. The van der Waals surface area contributed by atoms with Crippen LogP contribution in [0.25, 0.3) is 5.57 Å². The van der Waals surface area contributed by atoms with Crippen LogP contribution in [-0.2, 0) is 4.79 Å². The second-order valence-electron chi connectivity index (χ2n) is 2.87. The number of carboxylic acid groups (broad SMARTS) is 1. The Labute approximate surface area is 81.9 Å². The molecule has 0 bridgehead atoms. The van der Waals surface area contributed by atoms with Crippen LogP contribution in [0.4, 0.5) is 0 Å². The summed E-state index contributed by atoms with van der Waals surface area (Å²) in [7, 11) is 0. The third-order valence-corrected chi connectivity index (χ3v) is 1.75. The van der Waals surface area contributed by atoms with Crippen LogP contribution >= 0.6 is 0 Å². The lowest BCUT2D eigenvalue weighted by molar-refractivity contribution is -0.131. The molecule has 1 rings (SSSR count). The lowest BCUT2D eigenvalue weighted by Crippen LogP contribution is -1.91.